The molecule has 1 amide bonds. The molecule has 2 rings (SSSR count). The van der Waals surface area contributed by atoms with Crippen LogP contribution in [-0.4, -0.2) is 30.5 Å². The van der Waals surface area contributed by atoms with Crippen LogP contribution in [0.4, 0.5) is 5.69 Å². The number of thiocarbonyl (C=S) groups is 1. The molecule has 5 heteroatoms. The van der Waals surface area contributed by atoms with Crippen LogP contribution in [0.25, 0.3) is 0 Å². The molecule has 1 unspecified atom stereocenters. The Bertz CT molecular complexity index is 530. The van der Waals surface area contributed by atoms with E-state index in [1.807, 2.05) is 25.1 Å². The first-order chi connectivity index (χ1) is 9.54. The van der Waals surface area contributed by atoms with E-state index in [0.717, 1.165) is 42.6 Å². The van der Waals surface area contributed by atoms with Crippen LogP contribution < -0.4 is 16.0 Å². The molecule has 20 heavy (non-hydrogen) atoms. The maximum atomic E-state index is 12.1. The summed E-state index contributed by atoms with van der Waals surface area (Å²) in [5.74, 6) is 0.0548. The van der Waals surface area contributed by atoms with Crippen LogP contribution in [-0.2, 0) is 4.79 Å². The molecule has 1 aromatic rings. The molecule has 1 aliphatic rings. The molecule has 1 fully saturated rings. The van der Waals surface area contributed by atoms with Crippen molar-refractivity contribution in [3.05, 3.63) is 29.3 Å². The minimum Gasteiger partial charge on any atom is -0.389 e. The fourth-order valence-electron chi connectivity index (χ4n) is 2.76. The Kier molecular flexibility index (Phi) is 4.60. The minimum absolute atomic E-state index is 0.0548. The van der Waals surface area contributed by atoms with Crippen LogP contribution in [0, 0.1) is 6.92 Å². The Morgan fingerprint density at radius 3 is 2.85 bits per heavy atom. The number of carbonyl (C=O) groups is 1. The van der Waals surface area contributed by atoms with Gasteiger partial charge >= 0.3 is 0 Å². The molecule has 1 saturated heterocycles. The van der Waals surface area contributed by atoms with Crippen LogP contribution in [0.15, 0.2) is 18.2 Å². The quantitative estimate of drug-likeness (QED) is 0.833. The molecule has 0 spiro atoms. The van der Waals surface area contributed by atoms with E-state index >= 15 is 0 Å². The van der Waals surface area contributed by atoms with Crippen molar-refractivity contribution in [1.29, 1.82) is 0 Å². The summed E-state index contributed by atoms with van der Waals surface area (Å²) in [5, 5.41) is 2.75. The second-order valence-electron chi connectivity index (χ2n) is 5.20. The third-order valence-corrected chi connectivity index (χ3v) is 4.00. The minimum atomic E-state index is -0.135. The van der Waals surface area contributed by atoms with Crippen molar-refractivity contribution in [2.24, 2.45) is 5.73 Å². The summed E-state index contributed by atoms with van der Waals surface area (Å²) in [6, 6.07) is 5.91. The molecular weight excluding hydrogens is 270 g/mol. The zero-order chi connectivity index (χ0) is 14.7. The van der Waals surface area contributed by atoms with E-state index in [1.165, 1.54) is 0 Å². The van der Waals surface area contributed by atoms with Crippen LogP contribution in [0.1, 0.15) is 30.4 Å². The van der Waals surface area contributed by atoms with E-state index in [1.54, 1.807) is 7.05 Å². The van der Waals surface area contributed by atoms with Crippen molar-refractivity contribution in [2.75, 3.05) is 18.5 Å². The predicted octanol–water partition coefficient (Wildman–Crippen LogP) is 1.73. The lowest BCUT2D eigenvalue weighted by atomic mass is 9.98. The number of hydrogen-bond acceptors (Lipinski definition) is 3. The zero-order valence-corrected chi connectivity index (χ0v) is 12.8. The van der Waals surface area contributed by atoms with Crippen LogP contribution >= 0.6 is 12.2 Å². The average Bonchev–Trinajstić information content (AvgIpc) is 2.46. The number of benzene rings is 1. The van der Waals surface area contributed by atoms with Gasteiger partial charge in [-0.05, 0) is 38.3 Å². The number of aryl methyl sites for hydroxylation is 1. The number of likely N-dealkylation sites (N-methyl/N-ethyl adjacent to an activating group) is 1. The SMILES string of the molecule is CNC(=O)C1CCCCN1c1ccc(C)cc1C(N)=S. The van der Waals surface area contributed by atoms with Gasteiger partial charge in [0, 0.05) is 24.8 Å². The van der Waals surface area contributed by atoms with Gasteiger partial charge in [0.05, 0.1) is 0 Å². The number of nitrogens with one attached hydrogen (secondary N) is 1. The molecule has 0 bridgehead atoms. The number of piperidine rings is 1. The summed E-state index contributed by atoms with van der Waals surface area (Å²) in [5.41, 5.74) is 8.79. The molecule has 0 aromatic heterocycles. The highest BCUT2D eigenvalue weighted by atomic mass is 32.1. The van der Waals surface area contributed by atoms with Crippen molar-refractivity contribution >= 4 is 28.8 Å². The fourth-order valence-corrected chi connectivity index (χ4v) is 2.92. The summed E-state index contributed by atoms with van der Waals surface area (Å²) >= 11 is 5.16. The summed E-state index contributed by atoms with van der Waals surface area (Å²) < 4.78 is 0. The largest absolute Gasteiger partial charge is 0.389 e. The highest BCUT2D eigenvalue weighted by Gasteiger charge is 2.29. The average molecular weight is 291 g/mol. The maximum absolute atomic E-state index is 12.1. The number of nitrogens with two attached hydrogens (primary N) is 1. The van der Waals surface area contributed by atoms with E-state index in [9.17, 15) is 4.79 Å². The van der Waals surface area contributed by atoms with Gasteiger partial charge in [-0.1, -0.05) is 23.8 Å². The first-order valence-electron chi connectivity index (χ1n) is 6.93. The van der Waals surface area contributed by atoms with E-state index < -0.39 is 0 Å². The third kappa shape index (κ3) is 2.93. The van der Waals surface area contributed by atoms with Gasteiger partial charge in [0.25, 0.3) is 0 Å². The number of carbonyl (C=O) groups excluding carboxylic acids is 1. The van der Waals surface area contributed by atoms with Gasteiger partial charge in [-0.25, -0.2) is 0 Å². The van der Waals surface area contributed by atoms with Crippen LogP contribution in [0.5, 0.6) is 0 Å². The standard InChI is InChI=1S/C15H21N3OS/c1-10-6-7-12(11(9-10)14(16)20)18-8-4-3-5-13(18)15(19)17-2/h6-7,9,13H,3-5,8H2,1-2H3,(H2,16,20)(H,17,19). The Morgan fingerprint density at radius 1 is 1.45 bits per heavy atom. The lowest BCUT2D eigenvalue weighted by molar-refractivity contribution is -0.122. The van der Waals surface area contributed by atoms with Crippen molar-refractivity contribution in [1.82, 2.24) is 5.32 Å². The topological polar surface area (TPSA) is 58.4 Å². The van der Waals surface area contributed by atoms with Crippen molar-refractivity contribution in [3.8, 4) is 0 Å². The molecule has 0 saturated carbocycles. The molecule has 3 N–H and O–H groups in total. The summed E-state index contributed by atoms with van der Waals surface area (Å²) in [6.45, 7) is 2.87. The van der Waals surface area contributed by atoms with Gasteiger partial charge in [0.15, 0.2) is 0 Å². The number of nitrogens with zero attached hydrogens (tertiary/aromatic N) is 1. The Morgan fingerprint density at radius 2 is 2.20 bits per heavy atom. The highest BCUT2D eigenvalue weighted by molar-refractivity contribution is 7.80. The summed E-state index contributed by atoms with van der Waals surface area (Å²) in [6.07, 6.45) is 3.02. The molecule has 4 nitrogen and oxygen atoms in total. The molecule has 1 heterocycles. The van der Waals surface area contributed by atoms with Gasteiger partial charge in [-0.2, -0.15) is 0 Å². The molecule has 0 radical (unpaired) electrons. The Balaban J connectivity index is 2.42. The number of amides is 1. The van der Waals surface area contributed by atoms with E-state index in [4.69, 9.17) is 18.0 Å². The van der Waals surface area contributed by atoms with E-state index in [0.29, 0.717) is 4.99 Å². The number of rotatable bonds is 3. The lowest BCUT2D eigenvalue weighted by Crippen LogP contribution is -2.49. The summed E-state index contributed by atoms with van der Waals surface area (Å²) in [7, 11) is 1.68. The highest BCUT2D eigenvalue weighted by Crippen LogP contribution is 2.29. The third-order valence-electron chi connectivity index (χ3n) is 3.78. The van der Waals surface area contributed by atoms with Gasteiger partial charge in [-0.3, -0.25) is 4.79 Å². The molecule has 0 aliphatic carbocycles. The predicted molar refractivity (Wildman–Crippen MR) is 86.1 cm³/mol. The van der Waals surface area contributed by atoms with Gasteiger partial charge in [0.2, 0.25) is 5.91 Å². The first-order valence-corrected chi connectivity index (χ1v) is 7.34. The Labute approximate surface area is 125 Å². The Hall–Kier alpha value is -1.62. The van der Waals surface area contributed by atoms with Gasteiger partial charge < -0.3 is 16.0 Å². The van der Waals surface area contributed by atoms with Crippen LogP contribution in [0.3, 0.4) is 0 Å². The van der Waals surface area contributed by atoms with Crippen molar-refractivity contribution in [3.63, 3.8) is 0 Å². The van der Waals surface area contributed by atoms with Crippen LogP contribution in [0.2, 0.25) is 0 Å². The fraction of sp³-hybridized carbons (Fsp3) is 0.467. The molecular formula is C15H21N3OS. The van der Waals surface area contributed by atoms with Gasteiger partial charge in [-0.15, -0.1) is 0 Å². The lowest BCUT2D eigenvalue weighted by Gasteiger charge is -2.37. The van der Waals surface area contributed by atoms with E-state index in [-0.39, 0.29) is 11.9 Å². The smallest absolute Gasteiger partial charge is 0.242 e. The zero-order valence-electron chi connectivity index (χ0n) is 12.0. The van der Waals surface area contributed by atoms with Gasteiger partial charge in [0.1, 0.15) is 11.0 Å². The number of anilines is 1. The normalized spacial score (nSPS) is 18.7. The molecule has 108 valence electrons. The number of hydrogen-bond donors (Lipinski definition) is 2. The second-order valence-corrected chi connectivity index (χ2v) is 5.64. The monoisotopic (exact) mass is 291 g/mol. The maximum Gasteiger partial charge on any atom is 0.242 e. The summed E-state index contributed by atoms with van der Waals surface area (Å²) in [4.78, 5) is 14.6. The van der Waals surface area contributed by atoms with Crippen molar-refractivity contribution in [2.45, 2.75) is 32.2 Å². The molecule has 1 aromatic carbocycles. The second kappa shape index (κ2) is 6.22. The molecule has 1 atom stereocenters. The molecule has 1 aliphatic heterocycles. The van der Waals surface area contributed by atoms with E-state index in [2.05, 4.69) is 10.2 Å². The first kappa shape index (κ1) is 14.8. The van der Waals surface area contributed by atoms with Crippen molar-refractivity contribution < 1.29 is 4.79 Å².